The van der Waals surface area contributed by atoms with Gasteiger partial charge in [-0.05, 0) is 44.7 Å². The average molecular weight is 219 g/mol. The van der Waals surface area contributed by atoms with E-state index < -0.39 is 0 Å². The fourth-order valence-electron chi connectivity index (χ4n) is 2.39. The first-order valence-electron chi connectivity index (χ1n) is 6.07. The number of rotatable bonds is 3. The molecule has 2 rings (SSSR count). The summed E-state index contributed by atoms with van der Waals surface area (Å²) in [6, 6.07) is 7.45. The minimum atomic E-state index is -0.0803. The Morgan fingerprint density at radius 3 is 2.62 bits per heavy atom. The van der Waals surface area contributed by atoms with Gasteiger partial charge in [-0.15, -0.1) is 0 Å². The lowest BCUT2D eigenvalue weighted by Gasteiger charge is -2.35. The van der Waals surface area contributed by atoms with Crippen LogP contribution in [0.4, 0.5) is 0 Å². The summed E-state index contributed by atoms with van der Waals surface area (Å²) in [6.07, 6.45) is 1.72. The maximum Gasteiger partial charge on any atom is 0.0570 e. The highest BCUT2D eigenvalue weighted by Gasteiger charge is 2.28. The molecule has 0 amide bonds. The molecule has 16 heavy (non-hydrogen) atoms. The highest BCUT2D eigenvalue weighted by molar-refractivity contribution is 5.32. The maximum atomic E-state index is 9.26. The van der Waals surface area contributed by atoms with E-state index in [4.69, 9.17) is 0 Å². The van der Waals surface area contributed by atoms with Gasteiger partial charge in [0.1, 0.15) is 0 Å². The van der Waals surface area contributed by atoms with Crippen molar-refractivity contribution < 1.29 is 5.11 Å². The summed E-state index contributed by atoms with van der Waals surface area (Å²) in [4.78, 5) is 0. The Labute approximate surface area is 97.7 Å². The standard InChI is InChI=1S/C14H21NO/c1-9-4-5-10(2)14(6-9)11(3)15-12-7-13(16)8-12/h4-6,11-13,15-16H,7-8H2,1-3H3. The molecule has 0 heterocycles. The van der Waals surface area contributed by atoms with E-state index in [9.17, 15) is 5.11 Å². The van der Waals surface area contributed by atoms with Gasteiger partial charge < -0.3 is 10.4 Å². The van der Waals surface area contributed by atoms with Crippen LogP contribution in [-0.4, -0.2) is 17.3 Å². The Hall–Kier alpha value is -0.860. The first-order chi connectivity index (χ1) is 7.56. The second-order valence-corrected chi connectivity index (χ2v) is 5.07. The molecule has 2 N–H and O–H groups in total. The molecule has 1 fully saturated rings. The maximum absolute atomic E-state index is 9.26. The van der Waals surface area contributed by atoms with Gasteiger partial charge in [0.05, 0.1) is 6.10 Å². The van der Waals surface area contributed by atoms with Crippen LogP contribution in [0.2, 0.25) is 0 Å². The van der Waals surface area contributed by atoms with Crippen LogP contribution in [0, 0.1) is 13.8 Å². The van der Waals surface area contributed by atoms with Gasteiger partial charge in [0.2, 0.25) is 0 Å². The molecule has 1 unspecified atom stereocenters. The van der Waals surface area contributed by atoms with Gasteiger partial charge >= 0.3 is 0 Å². The third-order valence-electron chi connectivity index (χ3n) is 3.50. The second kappa shape index (κ2) is 4.56. The van der Waals surface area contributed by atoms with Crippen molar-refractivity contribution in [2.75, 3.05) is 0 Å². The van der Waals surface area contributed by atoms with Gasteiger partial charge in [-0.2, -0.15) is 0 Å². The molecule has 0 radical (unpaired) electrons. The van der Waals surface area contributed by atoms with E-state index in [1.54, 1.807) is 0 Å². The van der Waals surface area contributed by atoms with Crippen LogP contribution in [-0.2, 0) is 0 Å². The molecule has 0 spiro atoms. The van der Waals surface area contributed by atoms with Crippen LogP contribution < -0.4 is 5.32 Å². The zero-order chi connectivity index (χ0) is 11.7. The lowest BCUT2D eigenvalue weighted by molar-refractivity contribution is 0.0585. The minimum Gasteiger partial charge on any atom is -0.393 e. The Morgan fingerprint density at radius 2 is 2.00 bits per heavy atom. The molecule has 1 aliphatic carbocycles. The van der Waals surface area contributed by atoms with Crippen LogP contribution in [0.3, 0.4) is 0 Å². The number of nitrogens with one attached hydrogen (secondary N) is 1. The number of aliphatic hydroxyl groups excluding tert-OH is 1. The van der Waals surface area contributed by atoms with Crippen molar-refractivity contribution in [1.29, 1.82) is 0 Å². The van der Waals surface area contributed by atoms with Gasteiger partial charge in [0.15, 0.2) is 0 Å². The fourth-order valence-corrected chi connectivity index (χ4v) is 2.39. The lowest BCUT2D eigenvalue weighted by Crippen LogP contribution is -2.45. The topological polar surface area (TPSA) is 32.3 Å². The number of aliphatic hydroxyl groups is 1. The zero-order valence-corrected chi connectivity index (χ0v) is 10.3. The van der Waals surface area contributed by atoms with E-state index in [1.165, 1.54) is 16.7 Å². The highest BCUT2D eigenvalue weighted by Crippen LogP contribution is 2.25. The quantitative estimate of drug-likeness (QED) is 0.818. The van der Waals surface area contributed by atoms with Gasteiger partial charge in [0, 0.05) is 12.1 Å². The Morgan fingerprint density at radius 1 is 1.31 bits per heavy atom. The van der Waals surface area contributed by atoms with Crippen molar-refractivity contribution in [3.8, 4) is 0 Å². The summed E-state index contributed by atoms with van der Waals surface area (Å²) in [5.74, 6) is 0. The molecule has 88 valence electrons. The van der Waals surface area contributed by atoms with E-state index in [1.807, 2.05) is 0 Å². The molecule has 1 saturated carbocycles. The third kappa shape index (κ3) is 2.45. The third-order valence-corrected chi connectivity index (χ3v) is 3.50. The van der Waals surface area contributed by atoms with Crippen molar-refractivity contribution in [1.82, 2.24) is 5.32 Å². The van der Waals surface area contributed by atoms with E-state index >= 15 is 0 Å². The monoisotopic (exact) mass is 219 g/mol. The Balaban J connectivity index is 2.02. The molecular formula is C14H21NO. The van der Waals surface area contributed by atoms with Crippen molar-refractivity contribution in [2.24, 2.45) is 0 Å². The van der Waals surface area contributed by atoms with E-state index in [0.717, 1.165) is 12.8 Å². The van der Waals surface area contributed by atoms with Gasteiger partial charge in [-0.1, -0.05) is 23.8 Å². The second-order valence-electron chi connectivity index (χ2n) is 5.07. The number of hydrogen-bond acceptors (Lipinski definition) is 2. The van der Waals surface area contributed by atoms with Gasteiger partial charge in [0.25, 0.3) is 0 Å². The highest BCUT2D eigenvalue weighted by atomic mass is 16.3. The fraction of sp³-hybridized carbons (Fsp3) is 0.571. The van der Waals surface area contributed by atoms with Crippen LogP contribution in [0.25, 0.3) is 0 Å². The summed E-state index contributed by atoms with van der Waals surface area (Å²) in [5.41, 5.74) is 4.02. The molecule has 2 heteroatoms. The molecule has 0 aliphatic heterocycles. The van der Waals surface area contributed by atoms with Crippen molar-refractivity contribution in [2.45, 2.75) is 51.8 Å². The van der Waals surface area contributed by atoms with Crippen LogP contribution >= 0.6 is 0 Å². The minimum absolute atomic E-state index is 0.0803. The van der Waals surface area contributed by atoms with Crippen LogP contribution in [0.5, 0.6) is 0 Å². The largest absolute Gasteiger partial charge is 0.393 e. The van der Waals surface area contributed by atoms with E-state index in [-0.39, 0.29) is 6.10 Å². The van der Waals surface area contributed by atoms with E-state index in [2.05, 4.69) is 44.3 Å². The van der Waals surface area contributed by atoms with Crippen molar-refractivity contribution in [3.05, 3.63) is 34.9 Å². The predicted octanol–water partition coefficient (Wildman–Crippen LogP) is 2.48. The smallest absolute Gasteiger partial charge is 0.0570 e. The summed E-state index contributed by atoms with van der Waals surface area (Å²) >= 11 is 0. The summed E-state index contributed by atoms with van der Waals surface area (Å²) in [5, 5.41) is 12.8. The van der Waals surface area contributed by atoms with Crippen molar-refractivity contribution >= 4 is 0 Å². The van der Waals surface area contributed by atoms with E-state index in [0.29, 0.717) is 12.1 Å². The number of hydrogen-bond donors (Lipinski definition) is 2. The molecule has 1 aromatic carbocycles. The molecule has 0 saturated heterocycles. The lowest BCUT2D eigenvalue weighted by atomic mass is 9.88. The first kappa shape index (κ1) is 11.6. The van der Waals surface area contributed by atoms with Gasteiger partial charge in [-0.3, -0.25) is 0 Å². The van der Waals surface area contributed by atoms with Gasteiger partial charge in [-0.25, -0.2) is 0 Å². The summed E-state index contributed by atoms with van der Waals surface area (Å²) in [6.45, 7) is 6.48. The van der Waals surface area contributed by atoms with Crippen LogP contribution in [0.1, 0.15) is 42.5 Å². The normalized spacial score (nSPS) is 26.2. The molecule has 1 atom stereocenters. The Kier molecular flexibility index (Phi) is 3.31. The molecule has 1 aliphatic rings. The first-order valence-corrected chi connectivity index (χ1v) is 6.07. The zero-order valence-electron chi connectivity index (χ0n) is 10.3. The predicted molar refractivity (Wildman–Crippen MR) is 66.5 cm³/mol. The average Bonchev–Trinajstić information content (AvgIpc) is 2.19. The molecule has 0 bridgehead atoms. The molecule has 1 aromatic rings. The number of benzene rings is 1. The molecular weight excluding hydrogens is 198 g/mol. The molecule has 2 nitrogen and oxygen atoms in total. The van der Waals surface area contributed by atoms with Crippen LogP contribution in [0.15, 0.2) is 18.2 Å². The summed E-state index contributed by atoms with van der Waals surface area (Å²) in [7, 11) is 0. The SMILES string of the molecule is Cc1ccc(C)c(C(C)NC2CC(O)C2)c1. The van der Waals surface area contributed by atoms with Crippen molar-refractivity contribution in [3.63, 3.8) is 0 Å². The summed E-state index contributed by atoms with van der Waals surface area (Å²) < 4.78 is 0. The number of aryl methyl sites for hydroxylation is 2. The Bertz CT molecular complexity index is 369. The molecule has 0 aromatic heterocycles.